The highest BCUT2D eigenvalue weighted by Crippen LogP contribution is 2.30. The smallest absolute Gasteiger partial charge is 0.471 e. The lowest BCUT2D eigenvalue weighted by molar-refractivity contribution is -0.159. The van der Waals surface area contributed by atoms with Gasteiger partial charge in [-0.15, -0.1) is 0 Å². The van der Waals surface area contributed by atoms with E-state index in [9.17, 15) is 18.0 Å². The second-order valence-corrected chi connectivity index (χ2v) is 6.81. The third-order valence-corrected chi connectivity index (χ3v) is 4.64. The standard InChI is InChI=1S/C20H17F3N4O3/c21-20(22,23)19-25-18(26-30-19)13-4-6-15(7-5-13)29-16-8-10-27(12-16)17(28)11-14-3-1-2-9-24-14/h1-7,9,16H,8,10-12H2/t16-/m0/s1. The summed E-state index contributed by atoms with van der Waals surface area (Å²) in [5.41, 5.74) is 1.10. The minimum absolute atomic E-state index is 0.00674. The number of hydrogen-bond donors (Lipinski definition) is 0. The molecule has 10 heteroatoms. The van der Waals surface area contributed by atoms with Gasteiger partial charge in [0.1, 0.15) is 11.9 Å². The summed E-state index contributed by atoms with van der Waals surface area (Å²) < 4.78 is 47.9. The summed E-state index contributed by atoms with van der Waals surface area (Å²) in [7, 11) is 0. The minimum atomic E-state index is -4.68. The molecule has 2 aromatic heterocycles. The lowest BCUT2D eigenvalue weighted by Crippen LogP contribution is -2.32. The van der Waals surface area contributed by atoms with E-state index in [1.54, 1.807) is 41.4 Å². The largest absolute Gasteiger partial charge is 0.489 e. The van der Waals surface area contributed by atoms with E-state index >= 15 is 0 Å². The van der Waals surface area contributed by atoms with Crippen molar-refractivity contribution >= 4 is 5.91 Å². The van der Waals surface area contributed by atoms with E-state index in [0.29, 0.717) is 30.8 Å². The molecule has 0 saturated carbocycles. The van der Waals surface area contributed by atoms with Gasteiger partial charge in [0.15, 0.2) is 0 Å². The van der Waals surface area contributed by atoms with Crippen molar-refractivity contribution in [1.82, 2.24) is 20.0 Å². The lowest BCUT2D eigenvalue weighted by atomic mass is 10.2. The highest BCUT2D eigenvalue weighted by Gasteiger charge is 2.38. The number of alkyl halides is 3. The SMILES string of the molecule is O=C(Cc1ccccn1)N1CC[C@H](Oc2ccc(-c3noc(C(F)(F)F)n3)cc2)C1. The molecule has 7 nitrogen and oxygen atoms in total. The van der Waals surface area contributed by atoms with Gasteiger partial charge in [0.05, 0.1) is 13.0 Å². The predicted molar refractivity (Wildman–Crippen MR) is 98.3 cm³/mol. The first kappa shape index (κ1) is 19.9. The summed E-state index contributed by atoms with van der Waals surface area (Å²) in [6.45, 7) is 1.06. The normalized spacial score (nSPS) is 16.6. The van der Waals surface area contributed by atoms with Gasteiger partial charge in [-0.3, -0.25) is 9.78 Å². The van der Waals surface area contributed by atoms with Gasteiger partial charge in [-0.25, -0.2) is 0 Å². The van der Waals surface area contributed by atoms with Gasteiger partial charge < -0.3 is 14.2 Å². The molecule has 0 N–H and O–H groups in total. The molecule has 30 heavy (non-hydrogen) atoms. The Bertz CT molecular complexity index is 1010. The van der Waals surface area contributed by atoms with Crippen molar-refractivity contribution in [1.29, 1.82) is 0 Å². The second kappa shape index (κ2) is 8.13. The number of carbonyl (C=O) groups is 1. The van der Waals surface area contributed by atoms with E-state index in [4.69, 9.17) is 4.74 Å². The Kier molecular flexibility index (Phi) is 5.39. The van der Waals surface area contributed by atoms with E-state index in [0.717, 1.165) is 5.69 Å². The Morgan fingerprint density at radius 3 is 2.67 bits per heavy atom. The fourth-order valence-electron chi connectivity index (χ4n) is 3.15. The maximum atomic E-state index is 12.6. The summed E-state index contributed by atoms with van der Waals surface area (Å²) in [5.74, 6) is -1.00. The molecular weight excluding hydrogens is 401 g/mol. The highest BCUT2D eigenvalue weighted by atomic mass is 19.4. The van der Waals surface area contributed by atoms with Crippen LogP contribution in [0.5, 0.6) is 5.75 Å². The molecule has 1 aromatic carbocycles. The van der Waals surface area contributed by atoms with Gasteiger partial charge >= 0.3 is 12.1 Å². The molecule has 1 fully saturated rings. The number of benzene rings is 1. The Balaban J connectivity index is 1.33. The van der Waals surface area contributed by atoms with Crippen LogP contribution in [0.2, 0.25) is 0 Å². The second-order valence-electron chi connectivity index (χ2n) is 6.81. The molecule has 1 aliphatic heterocycles. The number of amides is 1. The number of aromatic nitrogens is 3. The van der Waals surface area contributed by atoms with Gasteiger partial charge in [-0.2, -0.15) is 18.2 Å². The van der Waals surface area contributed by atoms with Crippen molar-refractivity contribution in [3.8, 4) is 17.1 Å². The Hall–Kier alpha value is -3.43. The molecule has 0 aliphatic carbocycles. The number of ether oxygens (including phenoxy) is 1. The molecule has 3 aromatic rings. The zero-order chi connectivity index (χ0) is 21.1. The number of rotatable bonds is 5. The highest BCUT2D eigenvalue weighted by molar-refractivity contribution is 5.78. The first-order valence-corrected chi connectivity index (χ1v) is 9.24. The van der Waals surface area contributed by atoms with E-state index < -0.39 is 12.1 Å². The van der Waals surface area contributed by atoms with Crippen molar-refractivity contribution in [3.05, 3.63) is 60.2 Å². The van der Waals surface area contributed by atoms with Crippen LogP contribution in [0.25, 0.3) is 11.4 Å². The number of carbonyl (C=O) groups excluding carboxylic acids is 1. The Morgan fingerprint density at radius 1 is 1.20 bits per heavy atom. The molecular formula is C20H17F3N4O3. The molecule has 0 spiro atoms. The number of likely N-dealkylation sites (tertiary alicyclic amines) is 1. The van der Waals surface area contributed by atoms with Gasteiger partial charge in [-0.1, -0.05) is 11.2 Å². The van der Waals surface area contributed by atoms with Crippen LogP contribution in [0.1, 0.15) is 18.0 Å². The van der Waals surface area contributed by atoms with E-state index in [-0.39, 0.29) is 24.3 Å². The Morgan fingerprint density at radius 2 is 2.00 bits per heavy atom. The lowest BCUT2D eigenvalue weighted by Gasteiger charge is -2.17. The summed E-state index contributed by atoms with van der Waals surface area (Å²) in [5, 5.41) is 3.35. The molecule has 156 valence electrons. The first-order chi connectivity index (χ1) is 14.4. The molecule has 1 amide bonds. The molecule has 4 rings (SSSR count). The Labute approximate surface area is 169 Å². The van der Waals surface area contributed by atoms with Gasteiger partial charge in [0, 0.05) is 30.4 Å². The molecule has 0 unspecified atom stereocenters. The molecule has 3 heterocycles. The van der Waals surface area contributed by atoms with Crippen LogP contribution in [0.15, 0.2) is 53.2 Å². The van der Waals surface area contributed by atoms with Crippen LogP contribution in [-0.2, 0) is 17.4 Å². The van der Waals surface area contributed by atoms with Gasteiger partial charge in [-0.05, 0) is 36.4 Å². The fourth-order valence-corrected chi connectivity index (χ4v) is 3.15. The van der Waals surface area contributed by atoms with Crippen LogP contribution in [0, 0.1) is 0 Å². The summed E-state index contributed by atoms with van der Waals surface area (Å²) >= 11 is 0. The summed E-state index contributed by atoms with van der Waals surface area (Å²) in [6.07, 6.45) is -2.26. The predicted octanol–water partition coefficient (Wildman–Crippen LogP) is 3.37. The zero-order valence-corrected chi connectivity index (χ0v) is 15.7. The molecule has 0 bridgehead atoms. The topological polar surface area (TPSA) is 81.4 Å². The summed E-state index contributed by atoms with van der Waals surface area (Å²) in [4.78, 5) is 21.7. The number of halogens is 3. The average molecular weight is 418 g/mol. The van der Waals surface area contributed by atoms with Crippen LogP contribution in [0.3, 0.4) is 0 Å². The van der Waals surface area contributed by atoms with Crippen molar-refractivity contribution in [2.24, 2.45) is 0 Å². The molecule has 0 radical (unpaired) electrons. The van der Waals surface area contributed by atoms with E-state index in [1.807, 2.05) is 12.1 Å². The van der Waals surface area contributed by atoms with Crippen molar-refractivity contribution < 1.29 is 27.2 Å². The minimum Gasteiger partial charge on any atom is -0.489 e. The third-order valence-electron chi connectivity index (χ3n) is 4.64. The molecule has 1 aliphatic rings. The quantitative estimate of drug-likeness (QED) is 0.632. The first-order valence-electron chi connectivity index (χ1n) is 9.24. The van der Waals surface area contributed by atoms with Crippen LogP contribution in [-0.4, -0.2) is 45.1 Å². The molecule has 1 atom stereocenters. The van der Waals surface area contributed by atoms with Crippen LogP contribution < -0.4 is 4.74 Å². The number of pyridine rings is 1. The van der Waals surface area contributed by atoms with Gasteiger partial charge in [0.2, 0.25) is 11.7 Å². The van der Waals surface area contributed by atoms with Crippen LogP contribution in [0.4, 0.5) is 13.2 Å². The van der Waals surface area contributed by atoms with E-state index in [2.05, 4.69) is 19.6 Å². The zero-order valence-electron chi connectivity index (χ0n) is 15.7. The average Bonchev–Trinajstić information content (AvgIpc) is 3.39. The maximum Gasteiger partial charge on any atom is 0.471 e. The van der Waals surface area contributed by atoms with Gasteiger partial charge in [0.25, 0.3) is 0 Å². The monoisotopic (exact) mass is 418 g/mol. The number of nitrogens with zero attached hydrogens (tertiary/aromatic N) is 4. The maximum absolute atomic E-state index is 12.6. The number of hydrogen-bond acceptors (Lipinski definition) is 6. The fraction of sp³-hybridized carbons (Fsp3) is 0.300. The van der Waals surface area contributed by atoms with Crippen molar-refractivity contribution in [2.45, 2.75) is 25.1 Å². The summed E-state index contributed by atoms with van der Waals surface area (Å²) in [6, 6.07) is 11.8. The van der Waals surface area contributed by atoms with Crippen molar-refractivity contribution in [2.75, 3.05) is 13.1 Å². The van der Waals surface area contributed by atoms with Crippen LogP contribution >= 0.6 is 0 Å². The third kappa shape index (κ3) is 4.58. The van der Waals surface area contributed by atoms with Crippen molar-refractivity contribution in [3.63, 3.8) is 0 Å². The van der Waals surface area contributed by atoms with E-state index in [1.165, 1.54) is 0 Å². The molecule has 1 saturated heterocycles.